The Bertz CT molecular complexity index is 1100. The van der Waals surface area contributed by atoms with Crippen LogP contribution in [0.15, 0.2) is 48.9 Å². The largest absolute Gasteiger partial charge is 0.506 e. The van der Waals surface area contributed by atoms with Gasteiger partial charge in [-0.3, -0.25) is 0 Å². The van der Waals surface area contributed by atoms with Crippen molar-refractivity contribution in [3.63, 3.8) is 0 Å². The second-order valence-corrected chi connectivity index (χ2v) is 10.1. The van der Waals surface area contributed by atoms with E-state index in [1.807, 2.05) is 24.3 Å². The van der Waals surface area contributed by atoms with Crippen molar-refractivity contribution in [2.24, 2.45) is 0 Å². The molecule has 30 heavy (non-hydrogen) atoms. The fourth-order valence-corrected chi connectivity index (χ4v) is 6.38. The molecule has 1 aromatic heterocycles. The van der Waals surface area contributed by atoms with E-state index >= 15 is 0 Å². The Labute approximate surface area is 203 Å². The number of phenolic OH excluding ortho intramolecular Hbond substituents is 1. The summed E-state index contributed by atoms with van der Waals surface area (Å²) in [5.41, 5.74) is 2.98. The van der Waals surface area contributed by atoms with Crippen LogP contribution < -0.4 is 10.1 Å². The summed E-state index contributed by atoms with van der Waals surface area (Å²) in [6, 6.07) is 9.56. The van der Waals surface area contributed by atoms with Gasteiger partial charge in [-0.25, -0.2) is 0 Å². The molecule has 0 radical (unpaired) electrons. The number of para-hydroxylation sites is 1. The molecule has 0 aliphatic carbocycles. The lowest BCUT2D eigenvalue weighted by Crippen LogP contribution is -2.18. The van der Waals surface area contributed by atoms with Gasteiger partial charge >= 0.3 is 0 Å². The van der Waals surface area contributed by atoms with E-state index in [1.165, 1.54) is 0 Å². The second-order valence-electron chi connectivity index (χ2n) is 6.55. The minimum absolute atomic E-state index is 0.0907. The number of phenols is 1. The summed E-state index contributed by atoms with van der Waals surface area (Å²) in [7, 11) is 0. The van der Waals surface area contributed by atoms with Gasteiger partial charge < -0.3 is 15.2 Å². The first-order valence-corrected chi connectivity index (χ1v) is 12.6. The molecular formula is C20H17Br3N4O2S. The fraction of sp³-hybridized carbons (Fsp3) is 0.250. The highest BCUT2D eigenvalue weighted by molar-refractivity contribution is 9.11. The molecule has 1 aliphatic heterocycles. The number of fused-ring (bicyclic) bond motifs is 3. The number of hydrogen-bond donors (Lipinski definition) is 2. The van der Waals surface area contributed by atoms with Crippen LogP contribution in [-0.4, -0.2) is 26.0 Å². The van der Waals surface area contributed by atoms with Crippen LogP contribution in [0.1, 0.15) is 31.6 Å². The molecule has 3 aromatic rings. The van der Waals surface area contributed by atoms with Crippen LogP contribution in [0.2, 0.25) is 0 Å². The molecule has 0 fully saturated rings. The SMILES string of the molecule is CCCCSc1nnc2c(n1)O[C@H](c1c(Br)cc(Br)c(O)c1Br)Nc1ccccc1-2. The van der Waals surface area contributed by atoms with E-state index in [1.54, 1.807) is 17.8 Å². The Morgan fingerprint density at radius 2 is 1.97 bits per heavy atom. The predicted octanol–water partition coefficient (Wildman–Crippen LogP) is 6.93. The van der Waals surface area contributed by atoms with E-state index in [0.29, 0.717) is 31.2 Å². The predicted molar refractivity (Wildman–Crippen MR) is 129 cm³/mol. The molecule has 6 nitrogen and oxygen atoms in total. The van der Waals surface area contributed by atoms with E-state index in [2.05, 4.69) is 75.2 Å². The molecular weight excluding hydrogens is 600 g/mol. The van der Waals surface area contributed by atoms with Crippen LogP contribution in [0.5, 0.6) is 11.6 Å². The summed E-state index contributed by atoms with van der Waals surface area (Å²) in [5.74, 6) is 1.41. The van der Waals surface area contributed by atoms with Crippen LogP contribution in [0.4, 0.5) is 5.69 Å². The van der Waals surface area contributed by atoms with Crippen molar-refractivity contribution >= 4 is 65.2 Å². The lowest BCUT2D eigenvalue weighted by Gasteiger charge is -2.22. The summed E-state index contributed by atoms with van der Waals surface area (Å²) in [6.07, 6.45) is 1.56. The Morgan fingerprint density at radius 1 is 1.17 bits per heavy atom. The summed E-state index contributed by atoms with van der Waals surface area (Å²) < 4.78 is 8.15. The Morgan fingerprint density at radius 3 is 2.77 bits per heavy atom. The zero-order valence-corrected chi connectivity index (χ0v) is 21.4. The number of rotatable bonds is 5. The van der Waals surface area contributed by atoms with E-state index in [0.717, 1.165) is 34.3 Å². The van der Waals surface area contributed by atoms with E-state index in [-0.39, 0.29) is 5.75 Å². The average molecular weight is 617 g/mol. The van der Waals surface area contributed by atoms with Gasteiger partial charge in [0.2, 0.25) is 17.3 Å². The monoisotopic (exact) mass is 614 g/mol. The third-order valence-corrected chi connectivity index (χ3v) is 7.49. The lowest BCUT2D eigenvalue weighted by atomic mass is 10.1. The van der Waals surface area contributed by atoms with Crippen molar-refractivity contribution in [3.05, 3.63) is 49.3 Å². The molecule has 10 heteroatoms. The number of benzene rings is 2. The minimum Gasteiger partial charge on any atom is -0.506 e. The van der Waals surface area contributed by atoms with Crippen LogP contribution in [0, 0.1) is 0 Å². The van der Waals surface area contributed by atoms with Gasteiger partial charge in [0.05, 0.1) is 8.95 Å². The Balaban J connectivity index is 1.81. The molecule has 156 valence electrons. The van der Waals surface area contributed by atoms with Crippen LogP contribution in [-0.2, 0) is 0 Å². The number of aromatic hydroxyl groups is 1. The van der Waals surface area contributed by atoms with Crippen LogP contribution in [0.25, 0.3) is 11.3 Å². The van der Waals surface area contributed by atoms with Gasteiger partial charge in [-0.2, -0.15) is 4.98 Å². The number of nitrogens with one attached hydrogen (secondary N) is 1. The maximum absolute atomic E-state index is 10.4. The highest BCUT2D eigenvalue weighted by Crippen LogP contribution is 2.46. The molecule has 0 saturated heterocycles. The maximum Gasteiger partial charge on any atom is 0.247 e. The molecule has 0 unspecified atom stereocenters. The third-order valence-electron chi connectivity index (χ3n) is 4.51. The molecule has 4 rings (SSSR count). The zero-order chi connectivity index (χ0) is 21.3. The van der Waals surface area contributed by atoms with Crippen LogP contribution >= 0.6 is 59.6 Å². The highest BCUT2D eigenvalue weighted by atomic mass is 79.9. The number of unbranched alkanes of at least 4 members (excludes halogenated alkanes) is 1. The van der Waals surface area contributed by atoms with Gasteiger partial charge in [-0.1, -0.05) is 59.2 Å². The van der Waals surface area contributed by atoms with E-state index < -0.39 is 6.23 Å². The lowest BCUT2D eigenvalue weighted by molar-refractivity contribution is 0.223. The number of anilines is 1. The van der Waals surface area contributed by atoms with Crippen LogP contribution in [0.3, 0.4) is 0 Å². The first kappa shape index (κ1) is 21.9. The number of thioether (sulfide) groups is 1. The van der Waals surface area contributed by atoms with Crippen molar-refractivity contribution in [1.29, 1.82) is 0 Å². The van der Waals surface area contributed by atoms with Crippen molar-refractivity contribution in [2.75, 3.05) is 11.1 Å². The fourth-order valence-electron chi connectivity index (χ4n) is 2.98. The average Bonchev–Trinajstić information content (AvgIpc) is 2.88. The van der Waals surface area contributed by atoms with E-state index in [4.69, 9.17) is 4.74 Å². The highest BCUT2D eigenvalue weighted by Gasteiger charge is 2.30. The number of hydrogen-bond acceptors (Lipinski definition) is 7. The Kier molecular flexibility index (Phi) is 6.86. The smallest absolute Gasteiger partial charge is 0.247 e. The summed E-state index contributed by atoms with van der Waals surface area (Å²) in [6.45, 7) is 2.15. The van der Waals surface area contributed by atoms with Gasteiger partial charge in [0.25, 0.3) is 0 Å². The molecule has 2 heterocycles. The summed E-state index contributed by atoms with van der Waals surface area (Å²) >= 11 is 12.0. The van der Waals surface area contributed by atoms with Crippen molar-refractivity contribution in [3.8, 4) is 22.9 Å². The van der Waals surface area contributed by atoms with Crippen molar-refractivity contribution in [2.45, 2.75) is 31.1 Å². The minimum atomic E-state index is -0.625. The van der Waals surface area contributed by atoms with Gasteiger partial charge in [0, 0.05) is 27.0 Å². The van der Waals surface area contributed by atoms with Gasteiger partial charge in [-0.15, -0.1) is 10.2 Å². The van der Waals surface area contributed by atoms with E-state index in [9.17, 15) is 5.11 Å². The first-order chi connectivity index (χ1) is 14.5. The molecule has 0 spiro atoms. The van der Waals surface area contributed by atoms with Gasteiger partial charge in [0.1, 0.15) is 5.75 Å². The molecule has 0 bridgehead atoms. The summed E-state index contributed by atoms with van der Waals surface area (Å²) in [4.78, 5) is 4.64. The number of aromatic nitrogens is 3. The molecule has 0 amide bonds. The van der Waals surface area contributed by atoms with Crippen molar-refractivity contribution < 1.29 is 9.84 Å². The first-order valence-electron chi connectivity index (χ1n) is 9.26. The third kappa shape index (κ3) is 4.32. The molecule has 2 N–H and O–H groups in total. The maximum atomic E-state index is 10.4. The second kappa shape index (κ2) is 9.42. The van der Waals surface area contributed by atoms with Gasteiger partial charge in [0.15, 0.2) is 5.69 Å². The standard InChI is InChI=1S/C20H17Br3N4O2S/c1-2-3-8-30-20-25-19-16(26-27-20)10-6-4-5-7-13(10)24-18(29-19)14-11(21)9-12(22)17(28)15(14)23/h4-7,9,18,24,28H,2-3,8H2,1H3/t18-/m1/s1. The number of ether oxygens (including phenoxy) is 1. The molecule has 1 atom stereocenters. The topological polar surface area (TPSA) is 80.2 Å². The molecule has 2 aromatic carbocycles. The number of nitrogens with zero attached hydrogens (tertiary/aromatic N) is 3. The number of halogens is 3. The normalized spacial score (nSPS) is 14.9. The van der Waals surface area contributed by atoms with Gasteiger partial charge in [-0.05, 0) is 50.4 Å². The molecule has 0 saturated carbocycles. The quantitative estimate of drug-likeness (QED) is 0.238. The Hall–Kier alpha value is -1.36. The van der Waals surface area contributed by atoms with Crippen molar-refractivity contribution in [1.82, 2.24) is 15.2 Å². The zero-order valence-electron chi connectivity index (χ0n) is 15.8. The molecule has 1 aliphatic rings. The summed E-state index contributed by atoms with van der Waals surface area (Å²) in [5, 5.41) is 23.1.